The van der Waals surface area contributed by atoms with E-state index in [0.29, 0.717) is 33.2 Å². The molecule has 1 atom stereocenters. The Bertz CT molecular complexity index is 860. The Morgan fingerprint density at radius 1 is 1.07 bits per heavy atom. The Hall–Kier alpha value is -0.620. The van der Waals surface area contributed by atoms with Gasteiger partial charge >= 0.3 is 0 Å². The second kappa shape index (κ2) is 11.8. The topological polar surface area (TPSA) is 32.3 Å². The van der Waals surface area contributed by atoms with Crippen LogP contribution in [0.3, 0.4) is 0 Å². The van der Waals surface area contributed by atoms with Crippen molar-refractivity contribution in [3.05, 3.63) is 67.6 Å². The Kier molecular flexibility index (Phi) is 9.49. The van der Waals surface area contributed by atoms with Crippen LogP contribution in [-0.2, 0) is 17.1 Å². The molecule has 0 radical (unpaired) electrons. The van der Waals surface area contributed by atoms with E-state index >= 15 is 0 Å². The maximum Gasteiger partial charge on any atom is 0.224 e. The highest BCUT2D eigenvalue weighted by atomic mass is 35.5. The number of nitrogens with zero attached hydrogens (tertiary/aromatic N) is 1. The highest BCUT2D eigenvalue weighted by molar-refractivity contribution is 7.98. The molecule has 2 aromatic carbocycles. The van der Waals surface area contributed by atoms with Crippen molar-refractivity contribution in [3.63, 3.8) is 0 Å². The fourth-order valence-electron chi connectivity index (χ4n) is 3.53. The van der Waals surface area contributed by atoms with Crippen LogP contribution in [0, 0.1) is 5.92 Å². The Labute approximate surface area is 202 Å². The monoisotopic (exact) mass is 504 g/mol. The zero-order chi connectivity index (χ0) is 21.5. The molecule has 3 nitrogen and oxygen atoms in total. The summed E-state index contributed by atoms with van der Waals surface area (Å²) in [6, 6.07) is 11.2. The SMILES string of the molecule is O=C(NCCSCc1ccc(Cl)c(Cl)c1)C1CCCN(Cc2c(Cl)cccc2Cl)C1. The van der Waals surface area contributed by atoms with E-state index in [2.05, 4.69) is 10.2 Å². The van der Waals surface area contributed by atoms with E-state index in [1.807, 2.05) is 36.4 Å². The maximum atomic E-state index is 12.6. The van der Waals surface area contributed by atoms with Crippen LogP contribution in [0.1, 0.15) is 24.0 Å². The predicted octanol–water partition coefficient (Wildman–Crippen LogP) is 6.56. The Morgan fingerprint density at radius 2 is 1.83 bits per heavy atom. The largest absolute Gasteiger partial charge is 0.355 e. The summed E-state index contributed by atoms with van der Waals surface area (Å²) in [6.45, 7) is 2.99. The van der Waals surface area contributed by atoms with Gasteiger partial charge in [0.15, 0.2) is 0 Å². The van der Waals surface area contributed by atoms with Gasteiger partial charge in [0.1, 0.15) is 0 Å². The number of carbonyl (C=O) groups excluding carboxylic acids is 1. The van der Waals surface area contributed by atoms with Crippen molar-refractivity contribution in [3.8, 4) is 0 Å². The molecule has 0 aromatic heterocycles. The van der Waals surface area contributed by atoms with E-state index in [0.717, 1.165) is 48.6 Å². The summed E-state index contributed by atoms with van der Waals surface area (Å²) >= 11 is 26.3. The van der Waals surface area contributed by atoms with Crippen molar-refractivity contribution in [2.45, 2.75) is 25.1 Å². The van der Waals surface area contributed by atoms with E-state index < -0.39 is 0 Å². The van der Waals surface area contributed by atoms with E-state index in [4.69, 9.17) is 46.4 Å². The van der Waals surface area contributed by atoms with Crippen molar-refractivity contribution in [1.82, 2.24) is 10.2 Å². The number of hydrogen-bond acceptors (Lipinski definition) is 3. The molecule has 0 spiro atoms. The summed E-state index contributed by atoms with van der Waals surface area (Å²) < 4.78 is 0. The summed E-state index contributed by atoms with van der Waals surface area (Å²) in [5, 5.41) is 5.57. The smallest absolute Gasteiger partial charge is 0.224 e. The van der Waals surface area contributed by atoms with Crippen molar-refractivity contribution < 1.29 is 4.79 Å². The molecule has 0 aliphatic carbocycles. The lowest BCUT2D eigenvalue weighted by Crippen LogP contribution is -2.43. The fraction of sp³-hybridized carbons (Fsp3) is 0.409. The molecule has 1 unspecified atom stereocenters. The summed E-state index contributed by atoms with van der Waals surface area (Å²) in [7, 11) is 0. The van der Waals surface area contributed by atoms with E-state index in [-0.39, 0.29) is 11.8 Å². The van der Waals surface area contributed by atoms with Gasteiger partial charge in [-0.2, -0.15) is 11.8 Å². The van der Waals surface area contributed by atoms with Crippen molar-refractivity contribution >= 4 is 64.1 Å². The molecule has 1 fully saturated rings. The highest BCUT2D eigenvalue weighted by Crippen LogP contribution is 2.28. The van der Waals surface area contributed by atoms with Gasteiger partial charge < -0.3 is 5.32 Å². The van der Waals surface area contributed by atoms with Gasteiger partial charge in [0.05, 0.1) is 16.0 Å². The van der Waals surface area contributed by atoms with E-state index in [1.165, 1.54) is 0 Å². The van der Waals surface area contributed by atoms with Gasteiger partial charge in [-0.3, -0.25) is 9.69 Å². The van der Waals surface area contributed by atoms with Crippen molar-refractivity contribution in [2.75, 3.05) is 25.4 Å². The maximum absolute atomic E-state index is 12.6. The number of likely N-dealkylation sites (tertiary alicyclic amines) is 1. The summed E-state index contributed by atoms with van der Waals surface area (Å²) in [4.78, 5) is 14.9. The molecule has 3 rings (SSSR count). The highest BCUT2D eigenvalue weighted by Gasteiger charge is 2.26. The second-order valence-electron chi connectivity index (χ2n) is 7.37. The molecule has 0 saturated carbocycles. The molecule has 1 N–H and O–H groups in total. The minimum atomic E-state index is 0.0000788. The minimum absolute atomic E-state index is 0.0000788. The minimum Gasteiger partial charge on any atom is -0.355 e. The summed E-state index contributed by atoms with van der Waals surface area (Å²) in [6.07, 6.45) is 1.90. The van der Waals surface area contributed by atoms with Gasteiger partial charge in [0, 0.05) is 46.7 Å². The van der Waals surface area contributed by atoms with E-state index in [1.54, 1.807) is 11.8 Å². The number of hydrogen-bond donors (Lipinski definition) is 1. The first-order chi connectivity index (χ1) is 14.4. The van der Waals surface area contributed by atoms with E-state index in [9.17, 15) is 4.79 Å². The average molecular weight is 506 g/mol. The number of rotatable bonds is 8. The third-order valence-corrected chi connectivity index (χ3v) is 7.60. The number of carbonyl (C=O) groups is 1. The third-order valence-electron chi connectivity index (χ3n) is 5.12. The van der Waals surface area contributed by atoms with Gasteiger partial charge in [0.25, 0.3) is 0 Å². The van der Waals surface area contributed by atoms with Crippen LogP contribution in [0.4, 0.5) is 0 Å². The number of benzene rings is 2. The zero-order valence-corrected chi connectivity index (χ0v) is 20.3. The van der Waals surface area contributed by atoms with Crippen LogP contribution in [0.25, 0.3) is 0 Å². The van der Waals surface area contributed by atoms with Crippen LogP contribution in [0.5, 0.6) is 0 Å². The van der Waals surface area contributed by atoms with Gasteiger partial charge in [0.2, 0.25) is 5.91 Å². The normalized spacial score (nSPS) is 17.1. The van der Waals surface area contributed by atoms with Crippen LogP contribution in [-0.4, -0.2) is 36.2 Å². The average Bonchev–Trinajstić information content (AvgIpc) is 2.73. The standard InChI is InChI=1S/C22H24Cl4N2OS/c23-18-4-1-5-19(24)17(18)13-28-9-2-3-16(12-28)22(29)27-8-10-30-14-15-6-7-20(25)21(26)11-15/h1,4-7,11,16H,2-3,8-10,12-14H2,(H,27,29). The second-order valence-corrected chi connectivity index (χ2v) is 10.1. The summed E-state index contributed by atoms with van der Waals surface area (Å²) in [5.41, 5.74) is 2.06. The summed E-state index contributed by atoms with van der Waals surface area (Å²) in [5.74, 6) is 1.81. The lowest BCUT2D eigenvalue weighted by atomic mass is 9.96. The van der Waals surface area contributed by atoms with Gasteiger partial charge in [-0.05, 0) is 49.2 Å². The van der Waals surface area contributed by atoms with Gasteiger partial charge in [-0.15, -0.1) is 0 Å². The molecule has 1 saturated heterocycles. The number of nitrogens with one attached hydrogen (secondary N) is 1. The van der Waals surface area contributed by atoms with Crippen molar-refractivity contribution in [1.29, 1.82) is 0 Å². The van der Waals surface area contributed by atoms with Gasteiger partial charge in [-0.1, -0.05) is 58.5 Å². The van der Waals surface area contributed by atoms with Crippen LogP contribution < -0.4 is 5.32 Å². The first-order valence-corrected chi connectivity index (χ1v) is 12.6. The predicted molar refractivity (Wildman–Crippen MR) is 130 cm³/mol. The number of amides is 1. The quantitative estimate of drug-likeness (QED) is 0.412. The molecule has 30 heavy (non-hydrogen) atoms. The third kappa shape index (κ3) is 6.94. The molecule has 162 valence electrons. The van der Waals surface area contributed by atoms with Crippen LogP contribution >= 0.6 is 58.2 Å². The van der Waals surface area contributed by atoms with Crippen LogP contribution in [0.15, 0.2) is 36.4 Å². The molecular weight excluding hydrogens is 482 g/mol. The lowest BCUT2D eigenvalue weighted by Gasteiger charge is -2.32. The molecule has 2 aromatic rings. The number of thioether (sulfide) groups is 1. The number of halogens is 4. The van der Waals surface area contributed by atoms with Crippen LogP contribution in [0.2, 0.25) is 20.1 Å². The van der Waals surface area contributed by atoms with Crippen molar-refractivity contribution in [2.24, 2.45) is 5.92 Å². The number of piperidine rings is 1. The lowest BCUT2D eigenvalue weighted by molar-refractivity contribution is -0.126. The molecule has 1 heterocycles. The van der Waals surface area contributed by atoms with Gasteiger partial charge in [-0.25, -0.2) is 0 Å². The molecule has 1 aliphatic rings. The Balaban J connectivity index is 1.40. The first-order valence-electron chi connectivity index (χ1n) is 9.88. The molecule has 1 amide bonds. The molecule has 1 aliphatic heterocycles. The zero-order valence-electron chi connectivity index (χ0n) is 16.5. The first kappa shape index (κ1) is 24.0. The molecule has 8 heteroatoms. The molecular formula is C22H24Cl4N2OS. The Morgan fingerprint density at radius 3 is 2.57 bits per heavy atom. The molecule has 0 bridgehead atoms. The fourth-order valence-corrected chi connectivity index (χ4v) is 5.17.